The van der Waals surface area contributed by atoms with Gasteiger partial charge in [0.25, 0.3) is 10.3 Å². The van der Waals surface area contributed by atoms with Gasteiger partial charge in [0, 0.05) is 5.56 Å². The molecule has 0 aromatic heterocycles. The highest BCUT2D eigenvalue weighted by molar-refractivity contribution is 7.80. The third-order valence-electron chi connectivity index (χ3n) is 2.05. The normalized spacial score (nSPS) is 11.0. The highest BCUT2D eigenvalue weighted by Crippen LogP contribution is 1.99. The molecule has 0 radical (unpaired) electrons. The lowest BCUT2D eigenvalue weighted by Gasteiger charge is -2.04. The van der Waals surface area contributed by atoms with E-state index in [2.05, 4.69) is 21.1 Å². The van der Waals surface area contributed by atoms with Crippen molar-refractivity contribution in [2.75, 3.05) is 14.2 Å². The Morgan fingerprint density at radius 3 is 2.25 bits per heavy atom. The van der Waals surface area contributed by atoms with Crippen molar-refractivity contribution >= 4 is 46.7 Å². The fraction of sp³-hybridized carbons (Fsp3) is 0.167. The average molecular weight is 310 g/mol. The van der Waals surface area contributed by atoms with Crippen LogP contribution >= 0.6 is 24.4 Å². The average Bonchev–Trinajstić information content (AvgIpc) is 2.50. The Hall–Kier alpha value is -2.06. The molecule has 0 spiro atoms. The van der Waals surface area contributed by atoms with Gasteiger partial charge in [-0.1, -0.05) is 30.3 Å². The first-order valence-electron chi connectivity index (χ1n) is 5.51. The summed E-state index contributed by atoms with van der Waals surface area (Å²) in [6.45, 7) is 0. The van der Waals surface area contributed by atoms with Gasteiger partial charge in [-0.2, -0.15) is 10.2 Å². The second-order valence-corrected chi connectivity index (χ2v) is 4.07. The number of hydrazone groups is 2. The number of nitrogens with zero attached hydrogens (tertiary/aromatic N) is 2. The van der Waals surface area contributed by atoms with Gasteiger partial charge in [-0.3, -0.25) is 0 Å². The van der Waals surface area contributed by atoms with Crippen LogP contribution in [0.5, 0.6) is 0 Å². The maximum Gasteiger partial charge on any atom is 0.277 e. The molecule has 0 unspecified atom stereocenters. The standard InChI is InChI=1S/C12H14N4O2S2/c1-17-11(19)15-13-8-10(14-16-12(20)18-2)9-6-4-3-5-7-9/h3-8H,1-2H3,(H,15,19)(H,16,20)/b13-8+,14-10-. The summed E-state index contributed by atoms with van der Waals surface area (Å²) in [6.07, 6.45) is 1.49. The van der Waals surface area contributed by atoms with E-state index >= 15 is 0 Å². The van der Waals surface area contributed by atoms with Crippen molar-refractivity contribution in [3.8, 4) is 0 Å². The van der Waals surface area contributed by atoms with Gasteiger partial charge in [-0.05, 0) is 24.4 Å². The van der Waals surface area contributed by atoms with Crippen LogP contribution in [-0.2, 0) is 9.47 Å². The number of hydrogen-bond acceptors (Lipinski definition) is 6. The summed E-state index contributed by atoms with van der Waals surface area (Å²) >= 11 is 9.66. The SMILES string of the molecule is COC(=S)N/N=C/C(=N/NC(=S)OC)c1ccccc1. The first-order valence-corrected chi connectivity index (χ1v) is 6.33. The maximum absolute atomic E-state index is 4.86. The lowest BCUT2D eigenvalue weighted by molar-refractivity contribution is 0.394. The van der Waals surface area contributed by atoms with Crippen molar-refractivity contribution in [2.24, 2.45) is 10.2 Å². The Balaban J connectivity index is 2.85. The Morgan fingerprint density at radius 1 is 1.05 bits per heavy atom. The van der Waals surface area contributed by atoms with Gasteiger partial charge in [0.15, 0.2) is 0 Å². The fourth-order valence-corrected chi connectivity index (χ4v) is 1.22. The van der Waals surface area contributed by atoms with Gasteiger partial charge in [-0.25, -0.2) is 10.9 Å². The molecule has 0 amide bonds. The van der Waals surface area contributed by atoms with Crippen molar-refractivity contribution in [1.82, 2.24) is 10.9 Å². The smallest absolute Gasteiger partial charge is 0.277 e. The molecule has 1 aromatic carbocycles. The number of thiocarbonyl (C=S) groups is 2. The van der Waals surface area contributed by atoms with Crippen molar-refractivity contribution in [3.05, 3.63) is 35.9 Å². The minimum absolute atomic E-state index is 0.159. The molecule has 1 aromatic rings. The van der Waals surface area contributed by atoms with Crippen LogP contribution < -0.4 is 10.9 Å². The Kier molecular flexibility index (Phi) is 7.15. The molecule has 0 bridgehead atoms. The molecule has 1 rings (SSSR count). The summed E-state index contributed by atoms with van der Waals surface area (Å²) < 4.78 is 9.57. The van der Waals surface area contributed by atoms with E-state index in [9.17, 15) is 0 Å². The van der Waals surface area contributed by atoms with Crippen LogP contribution in [-0.4, -0.2) is 36.5 Å². The summed E-state index contributed by atoms with van der Waals surface area (Å²) in [5.74, 6) is 0. The number of nitrogens with one attached hydrogen (secondary N) is 2. The monoisotopic (exact) mass is 310 g/mol. The Labute approximate surface area is 127 Å². The topological polar surface area (TPSA) is 67.2 Å². The molecular formula is C12H14N4O2S2. The van der Waals surface area contributed by atoms with Gasteiger partial charge < -0.3 is 9.47 Å². The van der Waals surface area contributed by atoms with Gasteiger partial charge in [0.1, 0.15) is 5.71 Å². The summed E-state index contributed by atoms with van der Waals surface area (Å²) in [4.78, 5) is 0. The molecule has 0 fully saturated rings. The van der Waals surface area contributed by atoms with E-state index < -0.39 is 0 Å². The first-order chi connectivity index (χ1) is 9.67. The van der Waals surface area contributed by atoms with E-state index in [0.717, 1.165) is 5.56 Å². The predicted octanol–water partition coefficient (Wildman–Crippen LogP) is 1.42. The third-order valence-corrected chi connectivity index (χ3v) is 2.57. The molecule has 8 heteroatoms. The summed E-state index contributed by atoms with van der Waals surface area (Å²) in [5, 5.41) is 8.36. The van der Waals surface area contributed by atoms with Crippen molar-refractivity contribution in [3.63, 3.8) is 0 Å². The zero-order valence-electron chi connectivity index (χ0n) is 11.0. The molecule has 6 nitrogen and oxygen atoms in total. The van der Waals surface area contributed by atoms with E-state index in [4.69, 9.17) is 33.9 Å². The number of rotatable bonds is 4. The van der Waals surface area contributed by atoms with Gasteiger partial charge in [-0.15, -0.1) is 0 Å². The van der Waals surface area contributed by atoms with Crippen LogP contribution in [0.2, 0.25) is 0 Å². The summed E-state index contributed by atoms with van der Waals surface area (Å²) in [5.41, 5.74) is 6.54. The molecule has 2 N–H and O–H groups in total. The molecule has 0 aliphatic rings. The van der Waals surface area contributed by atoms with Crippen LogP contribution in [0.4, 0.5) is 0 Å². The number of ether oxygens (including phenoxy) is 2. The minimum Gasteiger partial charge on any atom is -0.473 e. The second kappa shape index (κ2) is 8.94. The van der Waals surface area contributed by atoms with E-state index in [0.29, 0.717) is 5.71 Å². The summed E-state index contributed by atoms with van der Waals surface area (Å²) in [7, 11) is 2.91. The van der Waals surface area contributed by atoms with Crippen LogP contribution in [0.25, 0.3) is 0 Å². The zero-order valence-corrected chi connectivity index (χ0v) is 12.6. The predicted molar refractivity (Wildman–Crippen MR) is 87.0 cm³/mol. The van der Waals surface area contributed by atoms with Crippen LogP contribution in [0.15, 0.2) is 40.5 Å². The van der Waals surface area contributed by atoms with E-state index in [1.165, 1.54) is 20.4 Å². The molecule has 0 saturated carbocycles. The van der Waals surface area contributed by atoms with Crippen LogP contribution in [0, 0.1) is 0 Å². The van der Waals surface area contributed by atoms with Crippen molar-refractivity contribution in [2.45, 2.75) is 0 Å². The lowest BCUT2D eigenvalue weighted by Crippen LogP contribution is -2.21. The van der Waals surface area contributed by atoms with Gasteiger partial charge in [0.2, 0.25) is 0 Å². The highest BCUT2D eigenvalue weighted by Gasteiger charge is 2.01. The Bertz CT molecular complexity index is 517. The molecule has 0 heterocycles. The molecule has 0 aliphatic carbocycles. The largest absolute Gasteiger partial charge is 0.473 e. The second-order valence-electron chi connectivity index (χ2n) is 3.33. The molecule has 0 atom stereocenters. The third kappa shape index (κ3) is 5.72. The fourth-order valence-electron chi connectivity index (χ4n) is 1.12. The Morgan fingerprint density at radius 2 is 1.65 bits per heavy atom. The number of methoxy groups -OCH3 is 2. The molecule has 0 saturated heterocycles. The molecule has 0 aliphatic heterocycles. The zero-order chi connectivity index (χ0) is 14.8. The molecule has 106 valence electrons. The number of benzene rings is 1. The van der Waals surface area contributed by atoms with Gasteiger partial charge >= 0.3 is 0 Å². The number of hydrogen-bond donors (Lipinski definition) is 2. The highest BCUT2D eigenvalue weighted by atomic mass is 32.1. The maximum atomic E-state index is 4.86. The van der Waals surface area contributed by atoms with E-state index in [-0.39, 0.29) is 10.3 Å². The van der Waals surface area contributed by atoms with Crippen molar-refractivity contribution in [1.29, 1.82) is 0 Å². The van der Waals surface area contributed by atoms with Crippen LogP contribution in [0.1, 0.15) is 5.56 Å². The van der Waals surface area contributed by atoms with E-state index in [1.54, 1.807) is 0 Å². The first kappa shape index (κ1) is 16.0. The van der Waals surface area contributed by atoms with Gasteiger partial charge in [0.05, 0.1) is 20.4 Å². The molecular weight excluding hydrogens is 296 g/mol. The lowest BCUT2D eigenvalue weighted by atomic mass is 10.1. The van der Waals surface area contributed by atoms with Crippen LogP contribution in [0.3, 0.4) is 0 Å². The van der Waals surface area contributed by atoms with E-state index in [1.807, 2.05) is 30.3 Å². The summed E-state index contributed by atoms with van der Waals surface area (Å²) in [6, 6.07) is 9.46. The van der Waals surface area contributed by atoms with Crippen molar-refractivity contribution < 1.29 is 9.47 Å². The quantitative estimate of drug-likeness (QED) is 0.498. The molecule has 20 heavy (non-hydrogen) atoms. The minimum atomic E-state index is 0.159.